The summed E-state index contributed by atoms with van der Waals surface area (Å²) in [6, 6.07) is 13.8. The fourth-order valence-electron chi connectivity index (χ4n) is 1.94. The van der Waals surface area contributed by atoms with Crippen molar-refractivity contribution in [3.8, 4) is 0 Å². The first-order chi connectivity index (χ1) is 8.74. The number of aromatic nitrogens is 1. The first-order valence-electron chi connectivity index (χ1n) is 5.70. The molecular formula is C15H11NOS. The molecule has 0 N–H and O–H groups in total. The number of nitrogens with zero attached hydrogens (tertiary/aromatic N) is 1. The van der Waals surface area contributed by atoms with Gasteiger partial charge < -0.3 is 0 Å². The van der Waals surface area contributed by atoms with Crippen LogP contribution in [0.2, 0.25) is 0 Å². The second-order valence-electron chi connectivity index (χ2n) is 4.13. The van der Waals surface area contributed by atoms with Gasteiger partial charge in [0.25, 0.3) is 0 Å². The molecule has 18 heavy (non-hydrogen) atoms. The molecule has 0 spiro atoms. The van der Waals surface area contributed by atoms with Crippen LogP contribution in [0.25, 0.3) is 10.8 Å². The Hall–Kier alpha value is -2.00. The Morgan fingerprint density at radius 2 is 1.89 bits per heavy atom. The van der Waals surface area contributed by atoms with E-state index in [-0.39, 0.29) is 5.78 Å². The second kappa shape index (κ2) is 4.35. The van der Waals surface area contributed by atoms with E-state index >= 15 is 0 Å². The molecule has 0 fully saturated rings. The zero-order chi connectivity index (χ0) is 12.5. The van der Waals surface area contributed by atoms with Gasteiger partial charge >= 0.3 is 0 Å². The van der Waals surface area contributed by atoms with Crippen LogP contribution in [0.15, 0.2) is 48.7 Å². The topological polar surface area (TPSA) is 30.0 Å². The molecule has 0 amide bonds. The lowest BCUT2D eigenvalue weighted by atomic mass is 10.0. The normalized spacial score (nSPS) is 10.7. The molecule has 0 atom stereocenters. The fraction of sp³-hybridized carbons (Fsp3) is 0.0667. The van der Waals surface area contributed by atoms with E-state index in [0.29, 0.717) is 4.88 Å². The van der Waals surface area contributed by atoms with Crippen LogP contribution in [-0.2, 0) is 0 Å². The van der Waals surface area contributed by atoms with Crippen molar-refractivity contribution in [2.75, 3.05) is 0 Å². The van der Waals surface area contributed by atoms with Gasteiger partial charge in [-0.05, 0) is 23.8 Å². The molecule has 2 aromatic carbocycles. The van der Waals surface area contributed by atoms with E-state index in [9.17, 15) is 4.79 Å². The SMILES string of the molecule is Cc1ncc(C(=O)c2ccc3ccccc3c2)s1. The third kappa shape index (κ3) is 1.93. The van der Waals surface area contributed by atoms with Crippen molar-refractivity contribution in [1.82, 2.24) is 4.98 Å². The molecule has 0 bridgehead atoms. The molecule has 1 heterocycles. The molecule has 0 aliphatic rings. The number of benzene rings is 2. The molecule has 0 radical (unpaired) electrons. The Labute approximate surface area is 109 Å². The number of aryl methyl sites for hydroxylation is 1. The van der Waals surface area contributed by atoms with Gasteiger partial charge in [-0.1, -0.05) is 36.4 Å². The minimum absolute atomic E-state index is 0.0475. The van der Waals surface area contributed by atoms with Gasteiger partial charge in [0.05, 0.1) is 9.88 Å². The van der Waals surface area contributed by atoms with Crippen molar-refractivity contribution >= 4 is 27.9 Å². The zero-order valence-electron chi connectivity index (χ0n) is 9.88. The van der Waals surface area contributed by atoms with Crippen LogP contribution in [-0.4, -0.2) is 10.8 Å². The van der Waals surface area contributed by atoms with Gasteiger partial charge in [-0.2, -0.15) is 0 Å². The summed E-state index contributed by atoms with van der Waals surface area (Å²) in [6.45, 7) is 1.90. The summed E-state index contributed by atoms with van der Waals surface area (Å²) in [6.07, 6.45) is 1.65. The van der Waals surface area contributed by atoms with Crippen LogP contribution >= 0.6 is 11.3 Å². The molecule has 1 aromatic heterocycles. The predicted molar refractivity (Wildman–Crippen MR) is 74.2 cm³/mol. The minimum Gasteiger partial charge on any atom is -0.288 e. The summed E-state index contributed by atoms with van der Waals surface area (Å²) >= 11 is 1.44. The molecule has 3 rings (SSSR count). The maximum atomic E-state index is 12.3. The molecule has 0 saturated heterocycles. The van der Waals surface area contributed by atoms with E-state index in [0.717, 1.165) is 21.3 Å². The first kappa shape index (κ1) is 11.1. The minimum atomic E-state index is 0.0475. The van der Waals surface area contributed by atoms with Gasteiger partial charge in [-0.3, -0.25) is 4.79 Å². The number of fused-ring (bicyclic) bond motifs is 1. The highest BCUT2D eigenvalue weighted by Gasteiger charge is 2.12. The number of thiazole rings is 1. The van der Waals surface area contributed by atoms with Gasteiger partial charge in [0, 0.05) is 11.8 Å². The number of hydrogen-bond donors (Lipinski definition) is 0. The maximum absolute atomic E-state index is 12.3. The standard InChI is InChI=1S/C15H11NOS/c1-10-16-9-14(18-10)15(17)13-7-6-11-4-2-3-5-12(11)8-13/h2-9H,1H3. The van der Waals surface area contributed by atoms with E-state index in [1.165, 1.54) is 11.3 Å². The van der Waals surface area contributed by atoms with Crippen LogP contribution < -0.4 is 0 Å². The van der Waals surface area contributed by atoms with E-state index in [2.05, 4.69) is 4.98 Å². The lowest BCUT2D eigenvalue weighted by Gasteiger charge is -2.01. The highest BCUT2D eigenvalue weighted by Crippen LogP contribution is 2.20. The molecule has 3 heteroatoms. The number of rotatable bonds is 2. The summed E-state index contributed by atoms with van der Waals surface area (Å²) in [5.41, 5.74) is 0.720. The summed E-state index contributed by atoms with van der Waals surface area (Å²) in [4.78, 5) is 17.1. The Bertz CT molecular complexity index is 730. The molecular weight excluding hydrogens is 242 g/mol. The summed E-state index contributed by atoms with van der Waals surface area (Å²) in [5, 5.41) is 3.15. The van der Waals surface area contributed by atoms with E-state index in [1.807, 2.05) is 49.4 Å². The van der Waals surface area contributed by atoms with Crippen LogP contribution in [0.4, 0.5) is 0 Å². The van der Waals surface area contributed by atoms with E-state index < -0.39 is 0 Å². The summed E-state index contributed by atoms with van der Waals surface area (Å²) in [5.74, 6) is 0.0475. The average Bonchev–Trinajstić information content (AvgIpc) is 2.84. The average molecular weight is 253 g/mol. The van der Waals surface area contributed by atoms with Crippen LogP contribution in [0, 0.1) is 6.92 Å². The van der Waals surface area contributed by atoms with Crippen LogP contribution in [0.5, 0.6) is 0 Å². The molecule has 88 valence electrons. The smallest absolute Gasteiger partial charge is 0.204 e. The zero-order valence-corrected chi connectivity index (χ0v) is 10.7. The fourth-order valence-corrected chi connectivity index (χ4v) is 2.68. The van der Waals surface area contributed by atoms with E-state index in [1.54, 1.807) is 6.20 Å². The van der Waals surface area contributed by atoms with Gasteiger partial charge in [0.15, 0.2) is 0 Å². The Morgan fingerprint density at radius 1 is 1.11 bits per heavy atom. The van der Waals surface area contributed by atoms with E-state index in [4.69, 9.17) is 0 Å². The maximum Gasteiger partial charge on any atom is 0.204 e. The molecule has 0 aliphatic carbocycles. The van der Waals surface area contributed by atoms with Crippen molar-refractivity contribution in [2.45, 2.75) is 6.92 Å². The molecule has 0 aliphatic heterocycles. The second-order valence-corrected chi connectivity index (χ2v) is 5.37. The lowest BCUT2D eigenvalue weighted by molar-refractivity contribution is 0.104. The number of hydrogen-bond acceptors (Lipinski definition) is 3. The van der Waals surface area contributed by atoms with Gasteiger partial charge in [0.1, 0.15) is 0 Å². The largest absolute Gasteiger partial charge is 0.288 e. The lowest BCUT2D eigenvalue weighted by Crippen LogP contribution is -1.98. The molecule has 2 nitrogen and oxygen atoms in total. The highest BCUT2D eigenvalue weighted by atomic mass is 32.1. The monoisotopic (exact) mass is 253 g/mol. The number of carbonyl (C=O) groups excluding carboxylic acids is 1. The Balaban J connectivity index is 2.06. The molecule has 3 aromatic rings. The third-order valence-corrected chi connectivity index (χ3v) is 3.77. The van der Waals surface area contributed by atoms with Crippen molar-refractivity contribution < 1.29 is 4.79 Å². The quantitative estimate of drug-likeness (QED) is 0.649. The van der Waals surface area contributed by atoms with Gasteiger partial charge in [0.2, 0.25) is 5.78 Å². The predicted octanol–water partition coefficient (Wildman–Crippen LogP) is 3.84. The Morgan fingerprint density at radius 3 is 2.61 bits per heavy atom. The molecule has 0 saturated carbocycles. The van der Waals surface area contributed by atoms with Crippen LogP contribution in [0.1, 0.15) is 20.2 Å². The Kier molecular flexibility index (Phi) is 2.68. The number of carbonyl (C=O) groups is 1. The van der Waals surface area contributed by atoms with Crippen molar-refractivity contribution in [2.24, 2.45) is 0 Å². The number of ketones is 1. The van der Waals surface area contributed by atoms with Crippen molar-refractivity contribution in [3.05, 3.63) is 64.1 Å². The van der Waals surface area contributed by atoms with Crippen LogP contribution in [0.3, 0.4) is 0 Å². The van der Waals surface area contributed by atoms with Crippen molar-refractivity contribution in [3.63, 3.8) is 0 Å². The first-order valence-corrected chi connectivity index (χ1v) is 6.51. The third-order valence-electron chi connectivity index (χ3n) is 2.86. The van der Waals surface area contributed by atoms with Crippen molar-refractivity contribution in [1.29, 1.82) is 0 Å². The highest BCUT2D eigenvalue weighted by molar-refractivity contribution is 7.13. The summed E-state index contributed by atoms with van der Waals surface area (Å²) < 4.78 is 0. The summed E-state index contributed by atoms with van der Waals surface area (Å²) in [7, 11) is 0. The van der Waals surface area contributed by atoms with Gasteiger partial charge in [-0.25, -0.2) is 4.98 Å². The van der Waals surface area contributed by atoms with Gasteiger partial charge in [-0.15, -0.1) is 11.3 Å². The molecule has 0 unspecified atom stereocenters.